The SMILES string of the molecule is Cc1cc(/C=C/c2ccccc2OCC(O)CNC(C)C)on1. The van der Waals surface area contributed by atoms with Crippen molar-refractivity contribution >= 4 is 12.2 Å². The molecular weight excluding hydrogens is 292 g/mol. The van der Waals surface area contributed by atoms with E-state index in [1.165, 1.54) is 0 Å². The summed E-state index contributed by atoms with van der Waals surface area (Å²) in [7, 11) is 0. The predicted molar refractivity (Wildman–Crippen MR) is 91.3 cm³/mol. The van der Waals surface area contributed by atoms with Gasteiger partial charge >= 0.3 is 0 Å². The summed E-state index contributed by atoms with van der Waals surface area (Å²) in [5.41, 5.74) is 1.76. The maximum absolute atomic E-state index is 9.93. The molecule has 2 aromatic rings. The van der Waals surface area contributed by atoms with Gasteiger partial charge in [-0.25, -0.2) is 0 Å². The fourth-order valence-corrected chi connectivity index (χ4v) is 2.00. The topological polar surface area (TPSA) is 67.5 Å². The van der Waals surface area contributed by atoms with Crippen LogP contribution >= 0.6 is 0 Å². The molecule has 1 aromatic heterocycles. The van der Waals surface area contributed by atoms with Crippen molar-refractivity contribution in [3.63, 3.8) is 0 Å². The summed E-state index contributed by atoms with van der Waals surface area (Å²) in [4.78, 5) is 0. The van der Waals surface area contributed by atoms with Gasteiger partial charge in [0.25, 0.3) is 0 Å². The summed E-state index contributed by atoms with van der Waals surface area (Å²) in [6.07, 6.45) is 3.21. The van der Waals surface area contributed by atoms with Crippen molar-refractivity contribution in [3.05, 3.63) is 47.3 Å². The maximum Gasteiger partial charge on any atom is 0.159 e. The third-order valence-corrected chi connectivity index (χ3v) is 3.19. The molecular formula is C18H24N2O3. The summed E-state index contributed by atoms with van der Waals surface area (Å²) in [5.74, 6) is 1.42. The van der Waals surface area contributed by atoms with E-state index in [1.54, 1.807) is 0 Å². The van der Waals surface area contributed by atoms with E-state index in [-0.39, 0.29) is 6.61 Å². The van der Waals surface area contributed by atoms with Gasteiger partial charge in [-0.3, -0.25) is 0 Å². The van der Waals surface area contributed by atoms with Gasteiger partial charge in [-0.15, -0.1) is 0 Å². The molecule has 23 heavy (non-hydrogen) atoms. The largest absolute Gasteiger partial charge is 0.490 e. The number of aryl methyl sites for hydroxylation is 1. The van der Waals surface area contributed by atoms with Crippen LogP contribution in [-0.4, -0.2) is 35.6 Å². The zero-order valence-electron chi connectivity index (χ0n) is 13.8. The van der Waals surface area contributed by atoms with Gasteiger partial charge in [-0.05, 0) is 25.1 Å². The zero-order valence-corrected chi connectivity index (χ0v) is 13.8. The van der Waals surface area contributed by atoms with Crippen LogP contribution in [0.4, 0.5) is 0 Å². The molecule has 124 valence electrons. The minimum absolute atomic E-state index is 0.242. The van der Waals surface area contributed by atoms with Crippen LogP contribution in [0.2, 0.25) is 0 Å². The maximum atomic E-state index is 9.93. The lowest BCUT2D eigenvalue weighted by atomic mass is 10.1. The number of aromatic nitrogens is 1. The molecule has 0 aliphatic heterocycles. The summed E-state index contributed by atoms with van der Waals surface area (Å²) >= 11 is 0. The van der Waals surface area contributed by atoms with Crippen molar-refractivity contribution in [2.24, 2.45) is 0 Å². The molecule has 0 aliphatic carbocycles. The molecule has 0 spiro atoms. The molecule has 1 unspecified atom stereocenters. The van der Waals surface area contributed by atoms with E-state index in [0.29, 0.717) is 18.3 Å². The fourth-order valence-electron chi connectivity index (χ4n) is 2.00. The first-order chi connectivity index (χ1) is 11.0. The quantitative estimate of drug-likeness (QED) is 0.784. The first-order valence-corrected chi connectivity index (χ1v) is 7.79. The van der Waals surface area contributed by atoms with Gasteiger partial charge in [0.1, 0.15) is 18.5 Å². The molecule has 0 amide bonds. The standard InChI is InChI=1S/C18H24N2O3/c1-13(2)19-11-16(21)12-22-18-7-5-4-6-15(18)8-9-17-10-14(3)20-23-17/h4-10,13,16,19,21H,11-12H2,1-3H3/b9-8+. The van der Waals surface area contributed by atoms with Gasteiger partial charge in [0.2, 0.25) is 0 Å². The highest BCUT2D eigenvalue weighted by molar-refractivity contribution is 5.70. The summed E-state index contributed by atoms with van der Waals surface area (Å²) in [6, 6.07) is 9.88. The highest BCUT2D eigenvalue weighted by Crippen LogP contribution is 2.21. The molecule has 1 aromatic carbocycles. The summed E-state index contributed by atoms with van der Waals surface area (Å²) in [5, 5.41) is 17.0. The second-order valence-corrected chi connectivity index (χ2v) is 5.77. The minimum Gasteiger partial charge on any atom is -0.490 e. The first kappa shape index (κ1) is 17.2. The smallest absolute Gasteiger partial charge is 0.159 e. The molecule has 5 heteroatoms. The van der Waals surface area contributed by atoms with Crippen molar-refractivity contribution in [1.29, 1.82) is 0 Å². The van der Waals surface area contributed by atoms with Gasteiger partial charge in [0.15, 0.2) is 5.76 Å². The molecule has 0 fully saturated rings. The number of rotatable bonds is 8. The summed E-state index contributed by atoms with van der Waals surface area (Å²) in [6.45, 7) is 6.71. The molecule has 2 N–H and O–H groups in total. The number of hydrogen-bond acceptors (Lipinski definition) is 5. The Hall–Kier alpha value is -2.11. The molecule has 5 nitrogen and oxygen atoms in total. The molecule has 2 rings (SSSR count). The van der Waals surface area contributed by atoms with Crippen LogP contribution in [-0.2, 0) is 0 Å². The van der Waals surface area contributed by atoms with E-state index < -0.39 is 6.10 Å². The second-order valence-electron chi connectivity index (χ2n) is 5.77. The Bertz CT molecular complexity index is 635. The van der Waals surface area contributed by atoms with Crippen molar-refractivity contribution in [1.82, 2.24) is 10.5 Å². The number of nitrogens with zero attached hydrogens (tertiary/aromatic N) is 1. The average Bonchev–Trinajstić information content (AvgIpc) is 2.95. The lowest BCUT2D eigenvalue weighted by molar-refractivity contribution is 0.104. The highest BCUT2D eigenvalue weighted by atomic mass is 16.5. The summed E-state index contributed by atoms with van der Waals surface area (Å²) < 4.78 is 10.9. The number of hydrogen-bond donors (Lipinski definition) is 2. The van der Waals surface area contributed by atoms with Crippen LogP contribution in [0.5, 0.6) is 5.75 Å². The third-order valence-electron chi connectivity index (χ3n) is 3.19. The molecule has 1 atom stereocenters. The number of aliphatic hydroxyl groups excluding tert-OH is 1. The van der Waals surface area contributed by atoms with Gasteiger partial charge in [0.05, 0.1) is 5.69 Å². The molecule has 0 saturated heterocycles. The zero-order chi connectivity index (χ0) is 16.7. The Morgan fingerprint density at radius 2 is 2.09 bits per heavy atom. The van der Waals surface area contributed by atoms with Crippen molar-refractivity contribution in [2.45, 2.75) is 32.9 Å². The lowest BCUT2D eigenvalue weighted by Gasteiger charge is -2.16. The van der Waals surface area contributed by atoms with E-state index in [1.807, 2.05) is 63.3 Å². The normalized spacial score (nSPS) is 12.9. The Kier molecular flexibility index (Phi) is 6.38. The van der Waals surface area contributed by atoms with Crippen molar-refractivity contribution in [3.8, 4) is 5.75 Å². The van der Waals surface area contributed by atoms with Gasteiger partial charge < -0.3 is 19.7 Å². The van der Waals surface area contributed by atoms with Crippen LogP contribution in [0.15, 0.2) is 34.9 Å². The monoisotopic (exact) mass is 316 g/mol. The number of aliphatic hydroxyl groups is 1. The van der Waals surface area contributed by atoms with Gasteiger partial charge in [0, 0.05) is 24.2 Å². The van der Waals surface area contributed by atoms with Crippen LogP contribution in [0.1, 0.15) is 30.9 Å². The average molecular weight is 316 g/mol. The Labute approximate surface area is 137 Å². The highest BCUT2D eigenvalue weighted by Gasteiger charge is 2.07. The van der Waals surface area contributed by atoms with E-state index >= 15 is 0 Å². The van der Waals surface area contributed by atoms with Crippen molar-refractivity contribution < 1.29 is 14.4 Å². The number of para-hydroxylation sites is 1. The molecule has 1 heterocycles. The third kappa shape index (κ3) is 5.88. The fraction of sp³-hybridized carbons (Fsp3) is 0.389. The predicted octanol–water partition coefficient (Wildman–Crippen LogP) is 2.89. The van der Waals surface area contributed by atoms with Gasteiger partial charge in [-0.1, -0.05) is 37.2 Å². The van der Waals surface area contributed by atoms with Crippen LogP contribution in [0, 0.1) is 6.92 Å². The van der Waals surface area contributed by atoms with Crippen LogP contribution in [0.3, 0.4) is 0 Å². The molecule has 0 radical (unpaired) electrons. The van der Waals surface area contributed by atoms with E-state index in [2.05, 4.69) is 10.5 Å². The second kappa shape index (κ2) is 8.50. The number of ether oxygens (including phenoxy) is 1. The Balaban J connectivity index is 1.96. The van der Waals surface area contributed by atoms with Gasteiger partial charge in [-0.2, -0.15) is 0 Å². The Morgan fingerprint density at radius 1 is 1.30 bits per heavy atom. The number of nitrogens with one attached hydrogen (secondary N) is 1. The Morgan fingerprint density at radius 3 is 2.78 bits per heavy atom. The van der Waals surface area contributed by atoms with E-state index in [0.717, 1.165) is 17.0 Å². The molecule has 0 bridgehead atoms. The van der Waals surface area contributed by atoms with Crippen LogP contribution < -0.4 is 10.1 Å². The molecule has 0 aliphatic rings. The molecule has 0 saturated carbocycles. The van der Waals surface area contributed by atoms with Crippen LogP contribution in [0.25, 0.3) is 12.2 Å². The first-order valence-electron chi connectivity index (χ1n) is 7.79. The lowest BCUT2D eigenvalue weighted by Crippen LogP contribution is -2.35. The van der Waals surface area contributed by atoms with E-state index in [9.17, 15) is 5.11 Å². The van der Waals surface area contributed by atoms with Crippen molar-refractivity contribution in [2.75, 3.05) is 13.2 Å². The number of benzene rings is 1. The van der Waals surface area contributed by atoms with E-state index in [4.69, 9.17) is 9.26 Å². The minimum atomic E-state index is -0.550.